The fourth-order valence-corrected chi connectivity index (χ4v) is 4.57. The van der Waals surface area contributed by atoms with E-state index < -0.39 is 0 Å². The Kier molecular flexibility index (Phi) is 3.19. The zero-order valence-electron chi connectivity index (χ0n) is 13.7. The molecule has 25 heavy (non-hydrogen) atoms. The van der Waals surface area contributed by atoms with Crippen molar-refractivity contribution in [3.8, 4) is 0 Å². The number of hydrogen-bond acceptors (Lipinski definition) is 3. The van der Waals surface area contributed by atoms with E-state index in [1.807, 2.05) is 35.2 Å². The molecule has 0 aromatic heterocycles. The second kappa shape index (κ2) is 5.33. The highest BCUT2D eigenvalue weighted by Crippen LogP contribution is 2.48. The Labute approximate surface area is 151 Å². The molecule has 5 heteroatoms. The van der Waals surface area contributed by atoms with E-state index in [1.165, 1.54) is 11.1 Å². The van der Waals surface area contributed by atoms with Gasteiger partial charge < -0.3 is 9.74 Å². The van der Waals surface area contributed by atoms with Gasteiger partial charge in [-0.3, -0.25) is 4.79 Å². The summed E-state index contributed by atoms with van der Waals surface area (Å²) in [5.74, 6) is -0.233. The first kappa shape index (κ1) is 15.0. The molecule has 0 spiro atoms. The number of amides is 1. The minimum atomic E-state index is -0.347. The Morgan fingerprint density at radius 3 is 2.72 bits per heavy atom. The maximum Gasteiger partial charge on any atom is 0.236 e. The van der Waals surface area contributed by atoms with Crippen LogP contribution < -0.4 is 0 Å². The highest BCUT2D eigenvalue weighted by Gasteiger charge is 2.58. The fraction of sp³-hybridized carbons (Fsp3) is 0.300. The molecule has 0 radical (unpaired) electrons. The third-order valence-electron chi connectivity index (χ3n) is 5.53. The Bertz CT molecular complexity index is 893. The first-order chi connectivity index (χ1) is 12.1. The summed E-state index contributed by atoms with van der Waals surface area (Å²) < 4.78 is 0. The number of nitrogens with zero attached hydrogens (tertiary/aromatic N) is 2. The molecule has 1 saturated heterocycles. The molecule has 0 unspecified atom stereocenters. The van der Waals surface area contributed by atoms with Gasteiger partial charge in [-0.2, -0.15) is 0 Å². The largest absolute Gasteiger partial charge is 0.388 e. The van der Waals surface area contributed by atoms with Crippen LogP contribution in [0, 0.1) is 5.92 Å². The van der Waals surface area contributed by atoms with Crippen LogP contribution in [-0.4, -0.2) is 28.7 Å². The highest BCUT2D eigenvalue weighted by atomic mass is 35.5. The first-order valence-electron chi connectivity index (χ1n) is 8.55. The smallest absolute Gasteiger partial charge is 0.236 e. The summed E-state index contributed by atoms with van der Waals surface area (Å²) >= 11 is 5.99. The van der Waals surface area contributed by atoms with Gasteiger partial charge in [-0.05, 0) is 36.6 Å². The summed E-state index contributed by atoms with van der Waals surface area (Å²) in [5.41, 5.74) is 4.10. The van der Waals surface area contributed by atoms with Crippen molar-refractivity contribution in [3.63, 3.8) is 0 Å². The number of carbonyl (C=O) groups is 1. The molecule has 0 bridgehead atoms. The lowest BCUT2D eigenvalue weighted by Crippen LogP contribution is -2.43. The number of fused-ring (bicyclic) bond motifs is 5. The van der Waals surface area contributed by atoms with E-state index >= 15 is 0 Å². The minimum absolute atomic E-state index is 0.0639. The lowest BCUT2D eigenvalue weighted by molar-refractivity contribution is -0.132. The Morgan fingerprint density at radius 2 is 1.92 bits per heavy atom. The van der Waals surface area contributed by atoms with Crippen molar-refractivity contribution in [2.45, 2.75) is 31.5 Å². The lowest BCUT2D eigenvalue weighted by Gasteiger charge is -2.38. The van der Waals surface area contributed by atoms with Gasteiger partial charge in [-0.25, -0.2) is 0 Å². The summed E-state index contributed by atoms with van der Waals surface area (Å²) in [6.07, 6.45) is 0.618. The van der Waals surface area contributed by atoms with Gasteiger partial charge in [0.2, 0.25) is 5.91 Å². The van der Waals surface area contributed by atoms with Gasteiger partial charge in [-0.1, -0.05) is 53.2 Å². The van der Waals surface area contributed by atoms with Crippen molar-refractivity contribution in [3.05, 3.63) is 70.2 Å². The zero-order valence-corrected chi connectivity index (χ0v) is 14.5. The third-order valence-corrected chi connectivity index (χ3v) is 5.78. The van der Waals surface area contributed by atoms with E-state index in [1.54, 1.807) is 0 Å². The molecule has 126 valence electrons. The first-order valence-corrected chi connectivity index (χ1v) is 8.92. The van der Waals surface area contributed by atoms with Crippen LogP contribution >= 0.6 is 11.6 Å². The van der Waals surface area contributed by atoms with Crippen molar-refractivity contribution in [2.24, 2.45) is 11.1 Å². The summed E-state index contributed by atoms with van der Waals surface area (Å²) in [4.78, 5) is 21.0. The van der Waals surface area contributed by atoms with Crippen molar-refractivity contribution >= 4 is 23.2 Å². The quantitative estimate of drug-likeness (QED) is 0.787. The summed E-state index contributed by atoms with van der Waals surface area (Å²) in [6.45, 7) is 2.11. The average molecular weight is 353 g/mol. The van der Waals surface area contributed by atoms with Crippen LogP contribution in [0.15, 0.2) is 53.7 Å². The molecule has 4 nitrogen and oxygen atoms in total. The second-order valence-corrected chi connectivity index (χ2v) is 7.41. The van der Waals surface area contributed by atoms with E-state index in [4.69, 9.17) is 16.4 Å². The molecular weight excluding hydrogens is 336 g/mol. The number of halogens is 1. The number of hydrogen-bond donors (Lipinski definition) is 0. The van der Waals surface area contributed by atoms with Crippen molar-refractivity contribution in [2.75, 3.05) is 0 Å². The molecule has 2 aromatic rings. The van der Waals surface area contributed by atoms with E-state index in [2.05, 4.69) is 30.3 Å². The minimum Gasteiger partial charge on any atom is -0.388 e. The Morgan fingerprint density at radius 1 is 1.16 bits per heavy atom. The molecule has 1 amide bonds. The van der Waals surface area contributed by atoms with Crippen molar-refractivity contribution in [1.82, 2.24) is 4.90 Å². The average Bonchev–Trinajstić information content (AvgIpc) is 3.16. The molecule has 0 saturated carbocycles. The topological polar surface area (TPSA) is 41.9 Å². The van der Waals surface area contributed by atoms with E-state index in [-0.39, 0.29) is 30.0 Å². The fourth-order valence-electron chi connectivity index (χ4n) is 4.44. The van der Waals surface area contributed by atoms with Gasteiger partial charge in [0.25, 0.3) is 0 Å². The Hall–Kier alpha value is -2.33. The van der Waals surface area contributed by atoms with Crippen LogP contribution in [0.3, 0.4) is 0 Å². The van der Waals surface area contributed by atoms with Crippen LogP contribution in [0.2, 0.25) is 5.02 Å². The number of rotatable bonds is 1. The van der Waals surface area contributed by atoms with Gasteiger partial charge in [0.15, 0.2) is 6.10 Å². The van der Waals surface area contributed by atoms with Gasteiger partial charge in [0.1, 0.15) is 11.6 Å². The molecule has 3 aliphatic rings. The molecule has 3 aliphatic heterocycles. The van der Waals surface area contributed by atoms with Crippen molar-refractivity contribution in [1.29, 1.82) is 0 Å². The lowest BCUT2D eigenvalue weighted by atomic mass is 9.86. The molecule has 3 heterocycles. The normalized spacial score (nSPS) is 29.6. The van der Waals surface area contributed by atoms with E-state index in [0.717, 1.165) is 12.0 Å². The number of carbonyl (C=O) groups excluding carboxylic acids is 1. The van der Waals surface area contributed by atoms with Crippen LogP contribution in [0.4, 0.5) is 0 Å². The molecule has 5 rings (SSSR count). The van der Waals surface area contributed by atoms with Crippen LogP contribution in [-0.2, 0) is 16.1 Å². The SMILES string of the molecule is C[C@@H]1Cc2ccccc2[C@H]2[C@H]3ON=C(c4ccc(Cl)cc4)[C@H]3C(=O)N12. The standard InChI is InChI=1S/C20H17ClN2O2/c1-11-10-13-4-2-3-5-15(13)18-19-16(20(24)23(11)18)17(22-25-19)12-6-8-14(21)9-7-12/h2-9,11,16,18-19H,10H2,1H3/t11-,16-,18+,19+/m1/s1. The summed E-state index contributed by atoms with van der Waals surface area (Å²) in [6, 6.07) is 15.9. The maximum absolute atomic E-state index is 13.2. The molecule has 0 N–H and O–H groups in total. The highest BCUT2D eigenvalue weighted by molar-refractivity contribution is 6.30. The predicted octanol–water partition coefficient (Wildman–Crippen LogP) is 3.59. The third kappa shape index (κ3) is 2.07. The molecule has 2 aromatic carbocycles. The molecule has 0 aliphatic carbocycles. The Balaban J connectivity index is 1.58. The summed E-state index contributed by atoms with van der Waals surface area (Å²) in [5, 5.41) is 4.95. The molecule has 1 fully saturated rings. The zero-order chi connectivity index (χ0) is 17.1. The van der Waals surface area contributed by atoms with Gasteiger partial charge in [0.05, 0.1) is 6.04 Å². The van der Waals surface area contributed by atoms with Crippen LogP contribution in [0.5, 0.6) is 0 Å². The predicted molar refractivity (Wildman–Crippen MR) is 95.5 cm³/mol. The van der Waals surface area contributed by atoms with Gasteiger partial charge >= 0.3 is 0 Å². The van der Waals surface area contributed by atoms with Gasteiger partial charge in [-0.15, -0.1) is 0 Å². The molecule has 4 atom stereocenters. The molecular formula is C20H17ClN2O2. The number of oxime groups is 1. The van der Waals surface area contributed by atoms with Gasteiger partial charge in [0, 0.05) is 16.6 Å². The van der Waals surface area contributed by atoms with E-state index in [0.29, 0.717) is 10.7 Å². The maximum atomic E-state index is 13.2. The van der Waals surface area contributed by atoms with E-state index in [9.17, 15) is 4.79 Å². The second-order valence-electron chi connectivity index (χ2n) is 6.97. The van der Waals surface area contributed by atoms with Crippen LogP contribution in [0.25, 0.3) is 0 Å². The summed E-state index contributed by atoms with van der Waals surface area (Å²) in [7, 11) is 0. The number of benzene rings is 2. The van der Waals surface area contributed by atoms with Crippen LogP contribution in [0.1, 0.15) is 29.7 Å². The monoisotopic (exact) mass is 352 g/mol. The van der Waals surface area contributed by atoms with Crippen molar-refractivity contribution < 1.29 is 9.63 Å².